The van der Waals surface area contributed by atoms with Crippen molar-refractivity contribution in [2.24, 2.45) is 0 Å². The minimum atomic E-state index is 0.202. The van der Waals surface area contributed by atoms with E-state index in [9.17, 15) is 4.79 Å². The number of nitrogens with one attached hydrogen (secondary N) is 1. The van der Waals surface area contributed by atoms with Crippen molar-refractivity contribution in [2.75, 3.05) is 19.6 Å². The van der Waals surface area contributed by atoms with Crippen LogP contribution in [0.25, 0.3) is 0 Å². The predicted molar refractivity (Wildman–Crippen MR) is 80.9 cm³/mol. The quantitative estimate of drug-likeness (QED) is 0.899. The van der Waals surface area contributed by atoms with Gasteiger partial charge in [0, 0.05) is 24.5 Å². The number of rotatable bonds is 5. The van der Waals surface area contributed by atoms with Crippen molar-refractivity contribution in [1.82, 2.24) is 10.2 Å². The molecular formula is C15H24N2OS. The largest absolute Gasteiger partial charge is 0.337 e. The van der Waals surface area contributed by atoms with Gasteiger partial charge in [0.1, 0.15) is 0 Å². The molecule has 2 rings (SSSR count). The monoisotopic (exact) mass is 280 g/mol. The summed E-state index contributed by atoms with van der Waals surface area (Å²) >= 11 is 1.61. The Bertz CT molecular complexity index is 410. The van der Waals surface area contributed by atoms with Crippen molar-refractivity contribution in [3.05, 3.63) is 21.9 Å². The lowest BCUT2D eigenvalue weighted by Crippen LogP contribution is -2.46. The third-order valence-corrected chi connectivity index (χ3v) is 4.58. The summed E-state index contributed by atoms with van der Waals surface area (Å²) in [5.74, 6) is 0.202. The van der Waals surface area contributed by atoms with Crippen LogP contribution in [0.3, 0.4) is 0 Å². The highest BCUT2D eigenvalue weighted by molar-refractivity contribution is 7.08. The van der Waals surface area contributed by atoms with Crippen LogP contribution in [0.2, 0.25) is 0 Å². The van der Waals surface area contributed by atoms with Crippen LogP contribution in [-0.4, -0.2) is 36.5 Å². The van der Waals surface area contributed by atoms with E-state index in [1.165, 1.54) is 19.3 Å². The first kappa shape index (κ1) is 14.5. The fraction of sp³-hybridized carbons (Fsp3) is 0.667. The van der Waals surface area contributed by atoms with Crippen LogP contribution in [-0.2, 0) is 0 Å². The molecule has 0 spiro atoms. The van der Waals surface area contributed by atoms with Crippen LogP contribution >= 0.6 is 11.3 Å². The smallest absolute Gasteiger partial charge is 0.255 e. The van der Waals surface area contributed by atoms with Gasteiger partial charge >= 0.3 is 0 Å². The van der Waals surface area contributed by atoms with Gasteiger partial charge in [0.15, 0.2) is 0 Å². The molecule has 0 saturated carbocycles. The lowest BCUT2D eigenvalue weighted by molar-refractivity contribution is 0.0731. The normalized spacial score (nSPS) is 19.4. The predicted octanol–water partition coefficient (Wildman–Crippen LogP) is 3.05. The highest BCUT2D eigenvalue weighted by Crippen LogP contribution is 2.17. The third kappa shape index (κ3) is 3.80. The summed E-state index contributed by atoms with van der Waals surface area (Å²) in [5, 5.41) is 7.56. The van der Waals surface area contributed by atoms with Crippen LogP contribution in [0.4, 0.5) is 0 Å². The van der Waals surface area contributed by atoms with Crippen LogP contribution in [0.1, 0.15) is 48.5 Å². The fourth-order valence-corrected chi connectivity index (χ4v) is 3.46. The summed E-state index contributed by atoms with van der Waals surface area (Å²) in [6.07, 6.45) is 4.75. The Morgan fingerprint density at radius 1 is 1.47 bits per heavy atom. The summed E-state index contributed by atoms with van der Waals surface area (Å²) in [5.41, 5.74) is 1.99. The van der Waals surface area contributed by atoms with Crippen molar-refractivity contribution in [1.29, 1.82) is 0 Å². The Kier molecular flexibility index (Phi) is 5.40. The van der Waals surface area contributed by atoms with Gasteiger partial charge in [-0.15, -0.1) is 0 Å². The number of carbonyl (C=O) groups excluding carboxylic acids is 1. The molecule has 1 amide bonds. The minimum Gasteiger partial charge on any atom is -0.337 e. The second-order valence-electron chi connectivity index (χ2n) is 5.37. The SMILES string of the molecule is CCCN(CC1CCCCN1)C(=O)c1cscc1C. The van der Waals surface area contributed by atoms with Crippen molar-refractivity contribution in [3.63, 3.8) is 0 Å². The molecule has 1 unspecified atom stereocenters. The zero-order valence-electron chi connectivity index (χ0n) is 11.9. The second-order valence-corrected chi connectivity index (χ2v) is 6.11. The van der Waals surface area contributed by atoms with Gasteiger partial charge in [-0.05, 0) is 43.7 Å². The molecule has 1 N–H and O–H groups in total. The standard InChI is InChI=1S/C15H24N2OS/c1-3-8-17(9-13-6-4-5-7-16-13)15(18)14-11-19-10-12(14)2/h10-11,13,16H,3-9H2,1-2H3. The number of amides is 1. The summed E-state index contributed by atoms with van der Waals surface area (Å²) < 4.78 is 0. The van der Waals surface area contributed by atoms with Crippen molar-refractivity contribution in [3.8, 4) is 0 Å². The molecule has 1 aliphatic rings. The Morgan fingerprint density at radius 2 is 2.32 bits per heavy atom. The number of nitrogens with zero attached hydrogens (tertiary/aromatic N) is 1. The molecule has 106 valence electrons. The highest BCUT2D eigenvalue weighted by atomic mass is 32.1. The molecule has 1 aromatic heterocycles. The van der Waals surface area contributed by atoms with Crippen molar-refractivity contribution in [2.45, 2.75) is 45.6 Å². The van der Waals surface area contributed by atoms with E-state index in [1.54, 1.807) is 11.3 Å². The van der Waals surface area contributed by atoms with Gasteiger partial charge in [-0.3, -0.25) is 4.79 Å². The molecular weight excluding hydrogens is 256 g/mol. The molecule has 1 aliphatic heterocycles. The molecule has 2 heterocycles. The lowest BCUT2D eigenvalue weighted by Gasteiger charge is -2.30. The number of piperidine rings is 1. The summed E-state index contributed by atoms with van der Waals surface area (Å²) in [4.78, 5) is 14.6. The molecule has 0 aliphatic carbocycles. The number of aryl methyl sites for hydroxylation is 1. The molecule has 1 fully saturated rings. The molecule has 1 aromatic rings. The average Bonchev–Trinajstić information content (AvgIpc) is 2.85. The van der Waals surface area contributed by atoms with E-state index in [0.29, 0.717) is 6.04 Å². The first-order chi connectivity index (χ1) is 9.22. The molecule has 4 heteroatoms. The Hall–Kier alpha value is -0.870. The maximum absolute atomic E-state index is 12.6. The van der Waals surface area contributed by atoms with E-state index in [1.807, 2.05) is 17.2 Å². The van der Waals surface area contributed by atoms with Gasteiger partial charge in [0.05, 0.1) is 5.56 Å². The molecule has 19 heavy (non-hydrogen) atoms. The first-order valence-electron chi connectivity index (χ1n) is 7.27. The Balaban J connectivity index is 2.02. The van der Waals surface area contributed by atoms with E-state index in [2.05, 4.69) is 17.6 Å². The second kappa shape index (κ2) is 7.06. The van der Waals surface area contributed by atoms with Gasteiger partial charge in [0.25, 0.3) is 5.91 Å². The van der Waals surface area contributed by atoms with Gasteiger partial charge < -0.3 is 10.2 Å². The minimum absolute atomic E-state index is 0.202. The number of hydrogen-bond donors (Lipinski definition) is 1. The molecule has 3 nitrogen and oxygen atoms in total. The van der Waals surface area contributed by atoms with Crippen LogP contribution in [0, 0.1) is 6.92 Å². The average molecular weight is 280 g/mol. The van der Waals surface area contributed by atoms with Gasteiger partial charge in [-0.2, -0.15) is 11.3 Å². The zero-order valence-corrected chi connectivity index (χ0v) is 12.8. The summed E-state index contributed by atoms with van der Waals surface area (Å²) in [7, 11) is 0. The van der Waals surface area contributed by atoms with Gasteiger partial charge in [-0.1, -0.05) is 13.3 Å². The molecule has 1 atom stereocenters. The Labute approximate surface area is 120 Å². The lowest BCUT2D eigenvalue weighted by atomic mass is 10.0. The number of hydrogen-bond acceptors (Lipinski definition) is 3. The van der Waals surface area contributed by atoms with E-state index in [-0.39, 0.29) is 5.91 Å². The summed E-state index contributed by atoms with van der Waals surface area (Å²) in [6, 6.07) is 0.475. The van der Waals surface area contributed by atoms with Crippen LogP contribution in [0.5, 0.6) is 0 Å². The van der Waals surface area contributed by atoms with Crippen LogP contribution in [0.15, 0.2) is 10.8 Å². The van der Waals surface area contributed by atoms with Gasteiger partial charge in [-0.25, -0.2) is 0 Å². The highest BCUT2D eigenvalue weighted by Gasteiger charge is 2.22. The number of carbonyl (C=O) groups is 1. The third-order valence-electron chi connectivity index (χ3n) is 3.72. The molecule has 0 radical (unpaired) electrons. The Morgan fingerprint density at radius 3 is 2.89 bits per heavy atom. The maximum atomic E-state index is 12.6. The first-order valence-corrected chi connectivity index (χ1v) is 8.22. The van der Waals surface area contributed by atoms with Gasteiger partial charge in [0.2, 0.25) is 0 Å². The topological polar surface area (TPSA) is 32.3 Å². The van der Waals surface area contributed by atoms with E-state index >= 15 is 0 Å². The van der Waals surface area contributed by atoms with Crippen LogP contribution < -0.4 is 5.32 Å². The van der Waals surface area contributed by atoms with Crippen molar-refractivity contribution < 1.29 is 4.79 Å². The van der Waals surface area contributed by atoms with E-state index in [0.717, 1.165) is 37.2 Å². The summed E-state index contributed by atoms with van der Waals surface area (Å²) in [6.45, 7) is 6.95. The molecule has 1 saturated heterocycles. The van der Waals surface area contributed by atoms with Crippen molar-refractivity contribution >= 4 is 17.2 Å². The molecule has 0 aromatic carbocycles. The molecule has 0 bridgehead atoms. The number of thiophene rings is 1. The maximum Gasteiger partial charge on any atom is 0.255 e. The fourth-order valence-electron chi connectivity index (χ4n) is 2.64. The van der Waals surface area contributed by atoms with E-state index < -0.39 is 0 Å². The zero-order chi connectivity index (χ0) is 13.7. The van der Waals surface area contributed by atoms with E-state index in [4.69, 9.17) is 0 Å².